The lowest BCUT2D eigenvalue weighted by molar-refractivity contribution is 0.605. The molecule has 1 aromatic heterocycles. The van der Waals surface area contributed by atoms with Crippen molar-refractivity contribution in [3.63, 3.8) is 0 Å². The van der Waals surface area contributed by atoms with E-state index in [2.05, 4.69) is 92.7 Å². The number of nitriles is 1. The molecule has 0 spiro atoms. The molecule has 0 bridgehead atoms. The van der Waals surface area contributed by atoms with E-state index >= 15 is 0 Å². The van der Waals surface area contributed by atoms with Crippen molar-refractivity contribution >= 4 is 11.8 Å². The van der Waals surface area contributed by atoms with Crippen LogP contribution in [-0.2, 0) is 5.41 Å². The van der Waals surface area contributed by atoms with Crippen LogP contribution in [0, 0.1) is 11.3 Å². The van der Waals surface area contributed by atoms with Gasteiger partial charge < -0.3 is 0 Å². The molecule has 5 aromatic carbocycles. The van der Waals surface area contributed by atoms with Crippen LogP contribution in [0.15, 0.2) is 137 Å². The molecule has 0 saturated carbocycles. The Labute approximate surface area is 250 Å². The highest BCUT2D eigenvalue weighted by atomic mass is 32.2. The third-order valence-corrected chi connectivity index (χ3v) is 9.12. The Balaban J connectivity index is 1.37. The molecule has 4 heteroatoms. The number of aromatic nitrogens is 2. The Kier molecular flexibility index (Phi) is 6.46. The summed E-state index contributed by atoms with van der Waals surface area (Å²) in [4.78, 5) is 12.3. The Morgan fingerprint density at radius 3 is 1.95 bits per heavy atom. The summed E-state index contributed by atoms with van der Waals surface area (Å²) in [7, 11) is 0. The van der Waals surface area contributed by atoms with Gasteiger partial charge in [-0.1, -0.05) is 129 Å². The van der Waals surface area contributed by atoms with E-state index in [0.717, 1.165) is 55.2 Å². The van der Waals surface area contributed by atoms with Gasteiger partial charge >= 0.3 is 0 Å². The van der Waals surface area contributed by atoms with Crippen LogP contribution >= 0.6 is 11.8 Å². The van der Waals surface area contributed by atoms with Crippen molar-refractivity contribution in [3.05, 3.63) is 144 Å². The molecular weight excluding hydrogens is 531 g/mol. The summed E-state index contributed by atoms with van der Waals surface area (Å²) >= 11 is 1.75. The molecular formula is C38H27N3S. The largest absolute Gasteiger partial charge is 0.228 e. The number of hydrogen-bond donors (Lipinski definition) is 0. The quantitative estimate of drug-likeness (QED) is 0.216. The topological polar surface area (TPSA) is 49.6 Å². The van der Waals surface area contributed by atoms with Gasteiger partial charge in [0.25, 0.3) is 0 Å². The van der Waals surface area contributed by atoms with Crippen LogP contribution in [0.2, 0.25) is 0 Å². The molecule has 3 nitrogen and oxygen atoms in total. The average Bonchev–Trinajstić information content (AvgIpc) is 3.05. The van der Waals surface area contributed by atoms with Gasteiger partial charge in [0.2, 0.25) is 0 Å². The molecule has 0 aliphatic carbocycles. The molecule has 0 saturated heterocycles. The molecule has 0 amide bonds. The Morgan fingerprint density at radius 2 is 1.21 bits per heavy atom. The number of hydrogen-bond acceptors (Lipinski definition) is 4. The van der Waals surface area contributed by atoms with Crippen LogP contribution in [0.1, 0.15) is 30.5 Å². The fourth-order valence-electron chi connectivity index (χ4n) is 5.89. The molecule has 0 fully saturated rings. The first-order valence-electron chi connectivity index (χ1n) is 14.0. The van der Waals surface area contributed by atoms with E-state index in [9.17, 15) is 5.26 Å². The lowest BCUT2D eigenvalue weighted by Gasteiger charge is -2.35. The fraction of sp³-hybridized carbons (Fsp3) is 0.0789. The summed E-state index contributed by atoms with van der Waals surface area (Å²) in [5.74, 6) is 0.682. The van der Waals surface area contributed by atoms with E-state index in [1.807, 2.05) is 54.6 Å². The summed E-state index contributed by atoms with van der Waals surface area (Å²) in [5.41, 5.74) is 9.41. The second-order valence-corrected chi connectivity index (χ2v) is 12.1. The van der Waals surface area contributed by atoms with Crippen molar-refractivity contribution in [3.8, 4) is 51.1 Å². The molecule has 0 N–H and O–H groups in total. The second-order valence-electron chi connectivity index (χ2n) is 11.0. The molecule has 200 valence electrons. The molecule has 1 aliphatic rings. The summed E-state index contributed by atoms with van der Waals surface area (Å²) in [5, 5.41) is 10.5. The first-order chi connectivity index (χ1) is 20.5. The molecule has 42 heavy (non-hydrogen) atoms. The zero-order chi connectivity index (χ0) is 28.7. The zero-order valence-electron chi connectivity index (χ0n) is 23.4. The van der Waals surface area contributed by atoms with Gasteiger partial charge in [0.05, 0.1) is 17.0 Å². The Bertz CT molecular complexity index is 1930. The van der Waals surface area contributed by atoms with E-state index in [1.54, 1.807) is 11.8 Å². The third-order valence-electron chi connectivity index (χ3n) is 7.98. The molecule has 1 aliphatic heterocycles. The van der Waals surface area contributed by atoms with Gasteiger partial charge in [-0.15, -0.1) is 0 Å². The molecule has 0 unspecified atom stereocenters. The van der Waals surface area contributed by atoms with Gasteiger partial charge in [0.15, 0.2) is 5.82 Å². The predicted octanol–water partition coefficient (Wildman–Crippen LogP) is 9.81. The van der Waals surface area contributed by atoms with Crippen molar-refractivity contribution < 1.29 is 0 Å². The Morgan fingerprint density at radius 1 is 0.595 bits per heavy atom. The number of rotatable bonds is 4. The third kappa shape index (κ3) is 4.49. The standard InChI is InChI=1S/C38H27N3S/c1-38(2)31-18-9-10-19-34(31)42-35-21-20-29(30(24-39)36(35)38)27-16-11-17-28(22-27)33-23-32(25-12-5-3-6-13-25)40-37(41-33)26-14-7-4-8-15-26/h3-23H,1-2H3. The summed E-state index contributed by atoms with van der Waals surface area (Å²) in [6.45, 7) is 4.45. The van der Waals surface area contributed by atoms with E-state index in [4.69, 9.17) is 9.97 Å². The molecule has 2 heterocycles. The summed E-state index contributed by atoms with van der Waals surface area (Å²) in [6.07, 6.45) is 0. The van der Waals surface area contributed by atoms with Gasteiger partial charge in [0, 0.05) is 31.9 Å². The normalized spacial score (nSPS) is 13.1. The monoisotopic (exact) mass is 557 g/mol. The van der Waals surface area contributed by atoms with Crippen molar-refractivity contribution in [2.24, 2.45) is 0 Å². The van der Waals surface area contributed by atoms with Crippen LogP contribution in [0.3, 0.4) is 0 Å². The van der Waals surface area contributed by atoms with Gasteiger partial charge in [-0.3, -0.25) is 0 Å². The van der Waals surface area contributed by atoms with Crippen molar-refractivity contribution in [2.75, 3.05) is 0 Å². The van der Waals surface area contributed by atoms with Crippen LogP contribution < -0.4 is 0 Å². The summed E-state index contributed by atoms with van der Waals surface area (Å²) < 4.78 is 0. The number of nitrogens with zero attached hydrogens (tertiary/aromatic N) is 3. The van der Waals surface area contributed by atoms with Crippen molar-refractivity contribution in [2.45, 2.75) is 29.1 Å². The lowest BCUT2D eigenvalue weighted by Crippen LogP contribution is -2.25. The van der Waals surface area contributed by atoms with Crippen LogP contribution in [0.4, 0.5) is 0 Å². The highest BCUT2D eigenvalue weighted by molar-refractivity contribution is 7.99. The minimum atomic E-state index is -0.294. The van der Waals surface area contributed by atoms with Crippen molar-refractivity contribution in [1.82, 2.24) is 9.97 Å². The van der Waals surface area contributed by atoms with E-state index in [1.165, 1.54) is 10.5 Å². The lowest BCUT2D eigenvalue weighted by atomic mass is 9.74. The second kappa shape index (κ2) is 10.4. The SMILES string of the molecule is CC1(C)c2ccccc2Sc2ccc(-c3cccc(-c4cc(-c5ccccc5)nc(-c5ccccc5)n4)c3)c(C#N)c21. The van der Waals surface area contributed by atoms with Gasteiger partial charge in [0.1, 0.15) is 6.07 Å². The average molecular weight is 558 g/mol. The minimum Gasteiger partial charge on any atom is -0.228 e. The van der Waals surface area contributed by atoms with Gasteiger partial charge in [-0.05, 0) is 46.5 Å². The molecule has 0 radical (unpaired) electrons. The Hall–Kier alpha value is -4.98. The van der Waals surface area contributed by atoms with Crippen LogP contribution in [0.25, 0.3) is 45.0 Å². The number of benzene rings is 5. The maximum Gasteiger partial charge on any atom is 0.160 e. The molecule has 6 aromatic rings. The fourth-order valence-corrected chi connectivity index (χ4v) is 7.30. The van der Waals surface area contributed by atoms with E-state index in [-0.39, 0.29) is 5.41 Å². The molecule has 7 rings (SSSR count). The first kappa shape index (κ1) is 26.0. The van der Waals surface area contributed by atoms with Crippen LogP contribution in [-0.4, -0.2) is 9.97 Å². The highest BCUT2D eigenvalue weighted by Crippen LogP contribution is 2.51. The van der Waals surface area contributed by atoms with Crippen LogP contribution in [0.5, 0.6) is 0 Å². The highest BCUT2D eigenvalue weighted by Gasteiger charge is 2.36. The number of fused-ring (bicyclic) bond motifs is 2. The van der Waals surface area contributed by atoms with E-state index in [0.29, 0.717) is 5.82 Å². The maximum absolute atomic E-state index is 10.5. The summed E-state index contributed by atoms with van der Waals surface area (Å²) in [6, 6.07) is 46.1. The molecule has 0 atom stereocenters. The van der Waals surface area contributed by atoms with E-state index < -0.39 is 0 Å². The smallest absolute Gasteiger partial charge is 0.160 e. The predicted molar refractivity (Wildman–Crippen MR) is 171 cm³/mol. The zero-order valence-corrected chi connectivity index (χ0v) is 24.2. The maximum atomic E-state index is 10.5. The minimum absolute atomic E-state index is 0.294. The van der Waals surface area contributed by atoms with Gasteiger partial charge in [-0.2, -0.15) is 5.26 Å². The first-order valence-corrected chi connectivity index (χ1v) is 14.8. The van der Waals surface area contributed by atoms with Gasteiger partial charge in [-0.25, -0.2) is 9.97 Å². The van der Waals surface area contributed by atoms with Crippen molar-refractivity contribution in [1.29, 1.82) is 5.26 Å².